The molecule has 0 radical (unpaired) electrons. The van der Waals surface area contributed by atoms with Crippen molar-refractivity contribution in [2.24, 2.45) is 0 Å². The molecule has 3 rings (SSSR count). The fourth-order valence-electron chi connectivity index (χ4n) is 2.49. The van der Waals surface area contributed by atoms with Gasteiger partial charge in [0.15, 0.2) is 17.3 Å². The maximum atomic E-state index is 5.37. The van der Waals surface area contributed by atoms with Crippen molar-refractivity contribution in [2.75, 3.05) is 27.3 Å². The van der Waals surface area contributed by atoms with Gasteiger partial charge in [-0.3, -0.25) is 4.90 Å². The van der Waals surface area contributed by atoms with Crippen LogP contribution in [0, 0.1) is 0 Å². The zero-order valence-electron chi connectivity index (χ0n) is 14.3. The topological polar surface area (TPSA) is 64.8 Å². The van der Waals surface area contributed by atoms with Gasteiger partial charge >= 0.3 is 0 Å². The Hall–Kier alpha value is -2.19. The van der Waals surface area contributed by atoms with Crippen molar-refractivity contribution in [1.29, 1.82) is 0 Å². The first-order chi connectivity index (χ1) is 11.7. The standard InChI is InChI=1S/C16H21N5O2S/c1-5-20(6-2)10-14-17-18-16-21(14)19-15(24-16)11-7-8-12(22-3)13(9-11)23-4/h7-9H,5-6,10H2,1-4H3. The molecule has 0 N–H and O–H groups in total. The molecule has 7 nitrogen and oxygen atoms in total. The van der Waals surface area contributed by atoms with Crippen molar-refractivity contribution < 1.29 is 9.47 Å². The van der Waals surface area contributed by atoms with Crippen molar-refractivity contribution in [3.63, 3.8) is 0 Å². The van der Waals surface area contributed by atoms with Gasteiger partial charge in [0, 0.05) is 5.56 Å². The van der Waals surface area contributed by atoms with Crippen LogP contribution in [0.3, 0.4) is 0 Å². The van der Waals surface area contributed by atoms with E-state index in [9.17, 15) is 0 Å². The predicted molar refractivity (Wildman–Crippen MR) is 93.8 cm³/mol. The zero-order chi connectivity index (χ0) is 17.1. The highest BCUT2D eigenvalue weighted by Crippen LogP contribution is 2.34. The number of hydrogen-bond donors (Lipinski definition) is 0. The van der Waals surface area contributed by atoms with Crippen molar-refractivity contribution in [3.05, 3.63) is 24.0 Å². The molecule has 0 aliphatic heterocycles. The van der Waals surface area contributed by atoms with Crippen LogP contribution in [0.5, 0.6) is 11.5 Å². The number of hydrogen-bond acceptors (Lipinski definition) is 7. The highest BCUT2D eigenvalue weighted by molar-refractivity contribution is 7.19. The molecule has 0 aliphatic rings. The van der Waals surface area contributed by atoms with Gasteiger partial charge in [0.05, 0.1) is 20.8 Å². The molecular formula is C16H21N5O2S. The second kappa shape index (κ2) is 7.14. The van der Waals surface area contributed by atoms with Crippen LogP contribution in [0.2, 0.25) is 0 Å². The van der Waals surface area contributed by atoms with E-state index in [0.717, 1.165) is 41.0 Å². The van der Waals surface area contributed by atoms with Crippen LogP contribution in [0.25, 0.3) is 15.5 Å². The van der Waals surface area contributed by atoms with E-state index >= 15 is 0 Å². The Labute approximate surface area is 144 Å². The minimum atomic E-state index is 0.685. The van der Waals surface area contributed by atoms with Crippen LogP contribution in [0.4, 0.5) is 0 Å². The van der Waals surface area contributed by atoms with Gasteiger partial charge < -0.3 is 9.47 Å². The molecule has 0 atom stereocenters. The van der Waals surface area contributed by atoms with Crippen LogP contribution < -0.4 is 9.47 Å². The van der Waals surface area contributed by atoms with E-state index in [1.165, 1.54) is 11.3 Å². The molecular weight excluding hydrogens is 326 g/mol. The molecule has 8 heteroatoms. The third kappa shape index (κ3) is 3.07. The minimum Gasteiger partial charge on any atom is -0.493 e. The molecule has 2 aromatic heterocycles. The Balaban J connectivity index is 1.95. The van der Waals surface area contributed by atoms with Gasteiger partial charge in [-0.05, 0) is 31.3 Å². The van der Waals surface area contributed by atoms with Gasteiger partial charge in [-0.25, -0.2) is 0 Å². The number of rotatable bonds is 7. The van der Waals surface area contributed by atoms with Crippen LogP contribution in [0.15, 0.2) is 18.2 Å². The third-order valence-electron chi connectivity index (χ3n) is 3.95. The van der Waals surface area contributed by atoms with Crippen LogP contribution >= 0.6 is 11.3 Å². The Bertz CT molecular complexity index is 825. The Kier molecular flexibility index (Phi) is 4.96. The minimum absolute atomic E-state index is 0.685. The number of ether oxygens (including phenoxy) is 2. The van der Waals surface area contributed by atoms with E-state index < -0.39 is 0 Å². The maximum absolute atomic E-state index is 5.37. The summed E-state index contributed by atoms with van der Waals surface area (Å²) in [5.41, 5.74) is 0.969. The molecule has 0 spiro atoms. The molecule has 0 aliphatic carbocycles. The zero-order valence-corrected chi connectivity index (χ0v) is 15.1. The van der Waals surface area contributed by atoms with Crippen molar-refractivity contribution in [3.8, 4) is 22.1 Å². The lowest BCUT2D eigenvalue weighted by Gasteiger charge is -2.15. The van der Waals surface area contributed by atoms with Gasteiger partial charge in [0.25, 0.3) is 0 Å². The maximum Gasteiger partial charge on any atom is 0.235 e. The molecule has 0 unspecified atom stereocenters. The largest absolute Gasteiger partial charge is 0.493 e. The Morgan fingerprint density at radius 2 is 1.83 bits per heavy atom. The highest BCUT2D eigenvalue weighted by atomic mass is 32.1. The van der Waals surface area contributed by atoms with Gasteiger partial charge in [-0.1, -0.05) is 25.2 Å². The lowest BCUT2D eigenvalue weighted by Crippen LogP contribution is -2.23. The fourth-order valence-corrected chi connectivity index (χ4v) is 3.34. The Morgan fingerprint density at radius 3 is 2.50 bits per heavy atom. The summed E-state index contributed by atoms with van der Waals surface area (Å²) in [6, 6.07) is 5.78. The highest BCUT2D eigenvalue weighted by Gasteiger charge is 2.16. The van der Waals surface area contributed by atoms with Gasteiger partial charge in [0.1, 0.15) is 5.01 Å². The molecule has 0 saturated heterocycles. The van der Waals surface area contributed by atoms with Gasteiger partial charge in [-0.15, -0.1) is 10.2 Å². The fraction of sp³-hybridized carbons (Fsp3) is 0.438. The van der Waals surface area contributed by atoms with Crippen molar-refractivity contribution in [1.82, 2.24) is 24.7 Å². The van der Waals surface area contributed by atoms with E-state index in [1.54, 1.807) is 14.2 Å². The monoisotopic (exact) mass is 347 g/mol. The van der Waals surface area contributed by atoms with Crippen molar-refractivity contribution >= 4 is 16.3 Å². The summed E-state index contributed by atoms with van der Waals surface area (Å²) < 4.78 is 12.5. The first kappa shape index (κ1) is 16.7. The lowest BCUT2D eigenvalue weighted by molar-refractivity contribution is 0.286. The van der Waals surface area contributed by atoms with E-state index in [1.807, 2.05) is 22.7 Å². The van der Waals surface area contributed by atoms with E-state index in [-0.39, 0.29) is 0 Å². The van der Waals surface area contributed by atoms with Crippen LogP contribution in [-0.4, -0.2) is 52.0 Å². The molecule has 0 fully saturated rings. The van der Waals surface area contributed by atoms with E-state index in [0.29, 0.717) is 11.5 Å². The summed E-state index contributed by atoms with van der Waals surface area (Å²) in [5, 5.41) is 14.1. The molecule has 24 heavy (non-hydrogen) atoms. The summed E-state index contributed by atoms with van der Waals surface area (Å²) in [4.78, 5) is 3.08. The molecule has 0 bridgehead atoms. The summed E-state index contributed by atoms with van der Waals surface area (Å²) in [5.74, 6) is 2.24. The predicted octanol–water partition coefficient (Wildman–Crippen LogP) is 2.71. The van der Waals surface area contributed by atoms with Gasteiger partial charge in [-0.2, -0.15) is 9.61 Å². The second-order valence-electron chi connectivity index (χ2n) is 5.25. The number of fused-ring (bicyclic) bond motifs is 1. The SMILES string of the molecule is CCN(CC)Cc1nnc2sc(-c3ccc(OC)c(OC)c3)nn12. The normalized spacial score (nSPS) is 11.4. The summed E-state index contributed by atoms with van der Waals surface area (Å²) in [6.07, 6.45) is 0. The smallest absolute Gasteiger partial charge is 0.235 e. The molecule has 3 aromatic rings. The molecule has 128 valence electrons. The van der Waals surface area contributed by atoms with Crippen LogP contribution in [0.1, 0.15) is 19.7 Å². The van der Waals surface area contributed by atoms with E-state index in [2.05, 4.69) is 34.0 Å². The molecule has 0 amide bonds. The number of methoxy groups -OCH3 is 2. The van der Waals surface area contributed by atoms with Gasteiger partial charge in [0.2, 0.25) is 4.96 Å². The quantitative estimate of drug-likeness (QED) is 0.655. The summed E-state index contributed by atoms with van der Waals surface area (Å²) in [6.45, 7) is 6.95. The Morgan fingerprint density at radius 1 is 1.08 bits per heavy atom. The first-order valence-corrected chi connectivity index (χ1v) is 8.67. The van der Waals surface area contributed by atoms with Crippen molar-refractivity contribution in [2.45, 2.75) is 20.4 Å². The number of aromatic nitrogens is 4. The summed E-state index contributed by atoms with van der Waals surface area (Å²) >= 11 is 1.51. The molecule has 0 saturated carbocycles. The number of nitrogens with zero attached hydrogens (tertiary/aromatic N) is 5. The average molecular weight is 347 g/mol. The third-order valence-corrected chi connectivity index (χ3v) is 4.89. The molecule has 1 aromatic carbocycles. The second-order valence-corrected chi connectivity index (χ2v) is 6.20. The van der Waals surface area contributed by atoms with Crippen LogP contribution in [-0.2, 0) is 6.54 Å². The lowest BCUT2D eigenvalue weighted by atomic mass is 10.2. The number of benzene rings is 1. The first-order valence-electron chi connectivity index (χ1n) is 7.86. The average Bonchev–Trinajstić information content (AvgIpc) is 3.20. The summed E-state index contributed by atoms with van der Waals surface area (Å²) in [7, 11) is 3.25. The molecule has 2 heterocycles. The van der Waals surface area contributed by atoms with E-state index in [4.69, 9.17) is 9.47 Å².